The summed E-state index contributed by atoms with van der Waals surface area (Å²) in [5, 5.41) is 0. The van der Waals surface area contributed by atoms with Crippen molar-refractivity contribution in [2.24, 2.45) is 0 Å². The maximum Gasteiger partial charge on any atom is 0.0588 e. The lowest BCUT2D eigenvalue weighted by atomic mass is 10.0. The van der Waals surface area contributed by atoms with Gasteiger partial charge in [-0.05, 0) is 23.6 Å². The molecule has 0 aliphatic carbocycles. The summed E-state index contributed by atoms with van der Waals surface area (Å²) in [6.45, 7) is 4.42. The lowest BCUT2D eigenvalue weighted by Gasteiger charge is -2.11. The van der Waals surface area contributed by atoms with E-state index < -0.39 is 0 Å². The van der Waals surface area contributed by atoms with Crippen LogP contribution in [0.5, 0.6) is 0 Å². The van der Waals surface area contributed by atoms with Crippen LogP contribution in [0.1, 0.15) is 25.3 Å². The minimum absolute atomic E-state index is 0.624. The fraction of sp³-hybridized carbons (Fsp3) is 0.400. The molecule has 2 heteroatoms. The highest BCUT2D eigenvalue weighted by Gasteiger charge is 1.99. The summed E-state index contributed by atoms with van der Waals surface area (Å²) in [6, 6.07) is 8.69. The molecular weight excluding hydrogens is 261 g/mol. The average molecular weight is 275 g/mol. The molecule has 12 heavy (non-hydrogen) atoms. The van der Waals surface area contributed by atoms with E-state index >= 15 is 0 Å². The molecule has 0 aliphatic rings. The molecule has 1 aromatic carbocycles. The fourth-order valence-electron chi connectivity index (χ4n) is 1.06. The first-order valence-electron chi connectivity index (χ1n) is 4.10. The summed E-state index contributed by atoms with van der Waals surface area (Å²) >= 11 is 2.27. The summed E-state index contributed by atoms with van der Waals surface area (Å²) < 4.78 is 2.09. The minimum Gasteiger partial charge on any atom is -0.318 e. The van der Waals surface area contributed by atoms with Crippen molar-refractivity contribution in [3.8, 4) is 0 Å². The smallest absolute Gasteiger partial charge is 0.0588 e. The van der Waals surface area contributed by atoms with E-state index in [0.29, 0.717) is 5.92 Å². The zero-order valence-corrected chi connectivity index (χ0v) is 9.87. The summed E-state index contributed by atoms with van der Waals surface area (Å²) in [5.74, 6) is 0.624. The third-order valence-corrected chi connectivity index (χ3v) is 2.47. The highest BCUT2D eigenvalue weighted by atomic mass is 127. The van der Waals surface area contributed by atoms with E-state index in [1.54, 1.807) is 0 Å². The van der Waals surface area contributed by atoms with Crippen LogP contribution in [-0.4, -0.2) is 7.05 Å². The van der Waals surface area contributed by atoms with Crippen LogP contribution < -0.4 is 3.11 Å². The Labute approximate surface area is 88.3 Å². The number of nitrogens with zero attached hydrogens (tertiary/aromatic N) is 1. The minimum atomic E-state index is 0.624. The largest absolute Gasteiger partial charge is 0.318 e. The Morgan fingerprint density at radius 3 is 2.00 bits per heavy atom. The van der Waals surface area contributed by atoms with E-state index in [-0.39, 0.29) is 0 Å². The van der Waals surface area contributed by atoms with Crippen LogP contribution in [0.3, 0.4) is 0 Å². The van der Waals surface area contributed by atoms with E-state index in [0.717, 1.165) is 0 Å². The van der Waals surface area contributed by atoms with E-state index in [2.05, 4.69) is 64.1 Å². The Kier molecular flexibility index (Phi) is 3.38. The summed E-state index contributed by atoms with van der Waals surface area (Å²) in [5.41, 5.74) is 2.65. The first kappa shape index (κ1) is 9.84. The third kappa shape index (κ3) is 2.37. The summed E-state index contributed by atoms with van der Waals surface area (Å²) in [4.78, 5) is 0. The van der Waals surface area contributed by atoms with E-state index in [1.807, 2.05) is 7.05 Å². The molecule has 1 rings (SSSR count). The number of hydrogen-bond acceptors (Lipinski definition) is 1. The zero-order chi connectivity index (χ0) is 9.14. The van der Waals surface area contributed by atoms with Gasteiger partial charge in [0, 0.05) is 12.7 Å². The van der Waals surface area contributed by atoms with Gasteiger partial charge in [-0.25, -0.2) is 0 Å². The van der Waals surface area contributed by atoms with Crippen molar-refractivity contribution in [2.45, 2.75) is 19.8 Å². The van der Waals surface area contributed by atoms with Crippen molar-refractivity contribution < 1.29 is 0 Å². The second kappa shape index (κ2) is 4.12. The normalized spacial score (nSPS) is 10.4. The van der Waals surface area contributed by atoms with Crippen LogP contribution in [0.2, 0.25) is 0 Å². The van der Waals surface area contributed by atoms with Gasteiger partial charge in [0.05, 0.1) is 22.9 Å². The Balaban J connectivity index is 2.86. The quantitative estimate of drug-likeness (QED) is 0.589. The van der Waals surface area contributed by atoms with Crippen molar-refractivity contribution in [2.75, 3.05) is 10.2 Å². The summed E-state index contributed by atoms with van der Waals surface area (Å²) in [7, 11) is 2.05. The number of hydrogen-bond donors (Lipinski definition) is 0. The van der Waals surface area contributed by atoms with Crippen LogP contribution in [-0.2, 0) is 0 Å². The lowest BCUT2D eigenvalue weighted by Crippen LogP contribution is -1.99. The molecule has 0 aliphatic heterocycles. The van der Waals surface area contributed by atoms with Crippen LogP contribution >= 0.6 is 22.9 Å². The van der Waals surface area contributed by atoms with Crippen LogP contribution in [0, 0.1) is 0 Å². The number of rotatable bonds is 2. The molecule has 0 unspecified atom stereocenters. The Bertz CT molecular complexity index is 212. The Morgan fingerprint density at radius 1 is 1.17 bits per heavy atom. The van der Waals surface area contributed by atoms with Crippen LogP contribution in [0.15, 0.2) is 24.3 Å². The van der Waals surface area contributed by atoms with Crippen molar-refractivity contribution in [3.05, 3.63) is 29.8 Å². The molecule has 0 bridgehead atoms. The molecular formula is C10H14IN. The fourth-order valence-corrected chi connectivity index (χ4v) is 1.39. The van der Waals surface area contributed by atoms with Gasteiger partial charge in [-0.15, -0.1) is 0 Å². The van der Waals surface area contributed by atoms with Gasteiger partial charge >= 0.3 is 0 Å². The molecule has 1 aromatic rings. The van der Waals surface area contributed by atoms with Gasteiger partial charge in [-0.3, -0.25) is 0 Å². The number of benzene rings is 1. The molecule has 0 atom stereocenters. The Hall–Kier alpha value is -0.250. The maximum absolute atomic E-state index is 2.27. The van der Waals surface area contributed by atoms with Gasteiger partial charge in [0.25, 0.3) is 0 Å². The van der Waals surface area contributed by atoms with Gasteiger partial charge < -0.3 is 3.11 Å². The van der Waals surface area contributed by atoms with Crippen LogP contribution in [0.4, 0.5) is 5.69 Å². The molecule has 0 amide bonds. The molecule has 0 radical (unpaired) electrons. The van der Waals surface area contributed by atoms with E-state index in [4.69, 9.17) is 0 Å². The van der Waals surface area contributed by atoms with Gasteiger partial charge in [0.2, 0.25) is 0 Å². The Morgan fingerprint density at radius 2 is 1.67 bits per heavy atom. The number of anilines is 1. The first-order valence-corrected chi connectivity index (χ1v) is 5.07. The topological polar surface area (TPSA) is 3.24 Å². The lowest BCUT2D eigenvalue weighted by molar-refractivity contribution is 0.867. The SMILES string of the molecule is CC(C)c1ccc(N(C)I)cc1. The molecule has 0 N–H and O–H groups in total. The molecule has 1 nitrogen and oxygen atoms in total. The van der Waals surface area contributed by atoms with Crippen molar-refractivity contribution in [1.29, 1.82) is 0 Å². The predicted octanol–water partition coefficient (Wildman–Crippen LogP) is 3.60. The first-order chi connectivity index (χ1) is 5.61. The highest BCUT2D eigenvalue weighted by Crippen LogP contribution is 2.20. The second-order valence-corrected chi connectivity index (χ2v) is 4.67. The van der Waals surface area contributed by atoms with Gasteiger partial charge in [-0.1, -0.05) is 26.0 Å². The van der Waals surface area contributed by atoms with Crippen molar-refractivity contribution >= 4 is 28.6 Å². The molecule has 0 aromatic heterocycles. The van der Waals surface area contributed by atoms with Crippen LogP contribution in [0.25, 0.3) is 0 Å². The second-order valence-electron chi connectivity index (χ2n) is 3.22. The molecule has 66 valence electrons. The summed E-state index contributed by atoms with van der Waals surface area (Å²) in [6.07, 6.45) is 0. The monoisotopic (exact) mass is 275 g/mol. The standard InChI is InChI=1S/C10H14IN/c1-8(2)9-4-6-10(7-5-9)12(3)11/h4-8H,1-3H3. The predicted molar refractivity (Wildman–Crippen MR) is 63.0 cm³/mol. The van der Waals surface area contributed by atoms with Crippen molar-refractivity contribution in [3.63, 3.8) is 0 Å². The molecule has 0 fully saturated rings. The highest BCUT2D eigenvalue weighted by molar-refractivity contribution is 14.1. The maximum atomic E-state index is 2.27. The van der Waals surface area contributed by atoms with E-state index in [1.165, 1.54) is 11.3 Å². The molecule has 0 heterocycles. The van der Waals surface area contributed by atoms with Gasteiger partial charge in [0.15, 0.2) is 0 Å². The third-order valence-electron chi connectivity index (χ3n) is 1.92. The van der Waals surface area contributed by atoms with E-state index in [9.17, 15) is 0 Å². The number of halogens is 1. The molecule has 0 saturated carbocycles. The van der Waals surface area contributed by atoms with Gasteiger partial charge in [-0.2, -0.15) is 0 Å². The zero-order valence-electron chi connectivity index (χ0n) is 7.71. The molecule has 0 spiro atoms. The van der Waals surface area contributed by atoms with Gasteiger partial charge in [0.1, 0.15) is 0 Å². The average Bonchev–Trinajstić information content (AvgIpc) is 2.04. The van der Waals surface area contributed by atoms with Crippen molar-refractivity contribution in [1.82, 2.24) is 0 Å². The molecule has 0 saturated heterocycles.